The maximum absolute atomic E-state index is 12.7. The topological polar surface area (TPSA) is 105 Å². The molecule has 3 rings (SSSR count). The molecule has 0 fully saturated rings. The fourth-order valence-electron chi connectivity index (χ4n) is 3.30. The van der Waals surface area contributed by atoms with Crippen molar-refractivity contribution in [1.82, 2.24) is 4.72 Å². The van der Waals surface area contributed by atoms with Crippen LogP contribution in [-0.4, -0.2) is 29.2 Å². The predicted molar refractivity (Wildman–Crippen MR) is 123 cm³/mol. The highest BCUT2D eigenvalue weighted by atomic mass is 32.2. The van der Waals surface area contributed by atoms with Gasteiger partial charge in [-0.1, -0.05) is 32.4 Å². The first kappa shape index (κ1) is 23.3. The van der Waals surface area contributed by atoms with Crippen LogP contribution in [0.2, 0.25) is 0 Å². The van der Waals surface area contributed by atoms with Crippen molar-refractivity contribution in [3.63, 3.8) is 0 Å². The van der Waals surface area contributed by atoms with Gasteiger partial charge in [-0.15, -0.1) is 0 Å². The molecule has 31 heavy (non-hydrogen) atoms. The largest absolute Gasteiger partial charge is 0.280 e. The fraction of sp³-hybridized carbons (Fsp3) is 0.409. The first-order chi connectivity index (χ1) is 14.7. The number of aliphatic imine (C=N–C) groups is 1. The Bertz CT molecular complexity index is 1120. The molecule has 2 aromatic rings. The molecule has 1 heterocycles. The Morgan fingerprint density at radius 1 is 0.839 bits per heavy atom. The molecule has 1 unspecified atom stereocenters. The van der Waals surface area contributed by atoms with Gasteiger partial charge in [0.15, 0.2) is 0 Å². The number of benzene rings is 2. The molecule has 0 spiro atoms. The summed E-state index contributed by atoms with van der Waals surface area (Å²) in [5.41, 5.74) is 1.37. The average Bonchev–Trinajstić information content (AvgIpc) is 3.01. The van der Waals surface area contributed by atoms with Gasteiger partial charge in [-0.05, 0) is 67.1 Å². The highest BCUT2D eigenvalue weighted by molar-refractivity contribution is 7.92. The van der Waals surface area contributed by atoms with E-state index in [2.05, 4.69) is 28.3 Å². The number of amidine groups is 1. The van der Waals surface area contributed by atoms with E-state index in [9.17, 15) is 16.8 Å². The Morgan fingerprint density at radius 3 is 2.03 bits per heavy atom. The zero-order chi connectivity index (χ0) is 22.5. The molecule has 0 saturated carbocycles. The van der Waals surface area contributed by atoms with E-state index in [-0.39, 0.29) is 15.5 Å². The Balaban J connectivity index is 1.71. The molecule has 1 aliphatic rings. The molecule has 7 nitrogen and oxygen atoms in total. The lowest BCUT2D eigenvalue weighted by atomic mass is 9.99. The summed E-state index contributed by atoms with van der Waals surface area (Å²) in [6.45, 7) is 4.80. The van der Waals surface area contributed by atoms with Crippen molar-refractivity contribution in [2.75, 3.05) is 11.3 Å². The molecule has 0 amide bonds. The SMILES string of the molecule is CCC(C)c1ccc(S(=O)(=O)Nc2ccc(S(=O)(=O)NC3=NCCCCC3)cc2)cc1. The number of hydrogen-bond acceptors (Lipinski definition) is 5. The van der Waals surface area contributed by atoms with Crippen LogP contribution in [0.15, 0.2) is 63.3 Å². The third-order valence-electron chi connectivity index (χ3n) is 5.42. The van der Waals surface area contributed by atoms with E-state index >= 15 is 0 Å². The first-order valence-corrected chi connectivity index (χ1v) is 13.5. The molecule has 0 aliphatic carbocycles. The monoisotopic (exact) mass is 463 g/mol. The van der Waals surface area contributed by atoms with Crippen molar-refractivity contribution < 1.29 is 16.8 Å². The molecule has 2 aromatic carbocycles. The number of anilines is 1. The molecule has 0 saturated heterocycles. The van der Waals surface area contributed by atoms with Gasteiger partial charge in [0.25, 0.3) is 20.0 Å². The maximum atomic E-state index is 12.7. The quantitative estimate of drug-likeness (QED) is 0.640. The van der Waals surface area contributed by atoms with Crippen LogP contribution < -0.4 is 9.44 Å². The molecule has 1 atom stereocenters. The third kappa shape index (κ3) is 6.07. The van der Waals surface area contributed by atoms with Crippen LogP contribution in [0.25, 0.3) is 0 Å². The normalized spacial score (nSPS) is 16.1. The van der Waals surface area contributed by atoms with Crippen molar-refractivity contribution in [2.45, 2.75) is 61.7 Å². The van der Waals surface area contributed by atoms with Gasteiger partial charge in [0.05, 0.1) is 9.79 Å². The fourth-order valence-corrected chi connectivity index (χ4v) is 5.45. The number of sulfonamides is 2. The number of hydrogen-bond donors (Lipinski definition) is 2. The van der Waals surface area contributed by atoms with Crippen molar-refractivity contribution in [3.8, 4) is 0 Å². The van der Waals surface area contributed by atoms with Crippen molar-refractivity contribution in [2.24, 2.45) is 4.99 Å². The Hall–Kier alpha value is -2.39. The lowest BCUT2D eigenvalue weighted by Crippen LogP contribution is -2.30. The van der Waals surface area contributed by atoms with Gasteiger partial charge >= 0.3 is 0 Å². The zero-order valence-corrected chi connectivity index (χ0v) is 19.5. The second kappa shape index (κ2) is 9.82. The van der Waals surface area contributed by atoms with Crippen LogP contribution in [-0.2, 0) is 20.0 Å². The van der Waals surface area contributed by atoms with E-state index in [1.54, 1.807) is 12.1 Å². The van der Waals surface area contributed by atoms with Crippen molar-refractivity contribution in [3.05, 3.63) is 54.1 Å². The molecule has 168 valence electrons. The Kier molecular flexibility index (Phi) is 7.38. The van der Waals surface area contributed by atoms with E-state index in [0.717, 1.165) is 31.2 Å². The van der Waals surface area contributed by atoms with Gasteiger partial charge in [0.2, 0.25) is 0 Å². The highest BCUT2D eigenvalue weighted by Gasteiger charge is 2.19. The standard InChI is InChI=1S/C22H29N3O4S2/c1-3-17(2)18-8-12-20(13-9-18)30(26,27)24-19-10-14-21(15-11-19)31(28,29)25-22-7-5-4-6-16-23-22/h8-15,17,24H,3-7,16H2,1-2H3,(H,23,25). The van der Waals surface area contributed by atoms with Crippen LogP contribution in [0.1, 0.15) is 57.4 Å². The molecule has 0 aromatic heterocycles. The minimum absolute atomic E-state index is 0.0558. The number of rotatable bonds is 7. The lowest BCUT2D eigenvalue weighted by molar-refractivity contribution is 0.591. The summed E-state index contributed by atoms with van der Waals surface area (Å²) in [5.74, 6) is 0.833. The molecule has 2 N–H and O–H groups in total. The molecule has 0 radical (unpaired) electrons. The zero-order valence-electron chi connectivity index (χ0n) is 17.8. The molecular weight excluding hydrogens is 434 g/mol. The van der Waals surface area contributed by atoms with Gasteiger partial charge in [-0.3, -0.25) is 14.4 Å². The maximum Gasteiger partial charge on any atom is 0.262 e. The van der Waals surface area contributed by atoms with E-state index in [1.165, 1.54) is 24.3 Å². The summed E-state index contributed by atoms with van der Waals surface area (Å²) in [7, 11) is -7.53. The van der Waals surface area contributed by atoms with Gasteiger partial charge < -0.3 is 0 Å². The first-order valence-electron chi connectivity index (χ1n) is 10.5. The van der Waals surface area contributed by atoms with Gasteiger partial charge in [0, 0.05) is 18.7 Å². The van der Waals surface area contributed by atoms with Gasteiger partial charge in [-0.25, -0.2) is 16.8 Å². The minimum atomic E-state index is -3.77. The summed E-state index contributed by atoms with van der Waals surface area (Å²) in [6.07, 6.45) is 4.47. The highest BCUT2D eigenvalue weighted by Crippen LogP contribution is 2.23. The Labute approximate surface area is 185 Å². The molecule has 9 heteroatoms. The van der Waals surface area contributed by atoms with Crippen LogP contribution in [0.3, 0.4) is 0 Å². The van der Waals surface area contributed by atoms with Crippen LogP contribution >= 0.6 is 0 Å². The van der Waals surface area contributed by atoms with E-state index in [0.29, 0.717) is 24.7 Å². The average molecular weight is 464 g/mol. The van der Waals surface area contributed by atoms with Crippen molar-refractivity contribution >= 4 is 31.6 Å². The second-order valence-corrected chi connectivity index (χ2v) is 11.1. The summed E-state index contributed by atoms with van der Waals surface area (Å²) >= 11 is 0. The van der Waals surface area contributed by atoms with E-state index in [1.807, 2.05) is 12.1 Å². The smallest absolute Gasteiger partial charge is 0.262 e. The van der Waals surface area contributed by atoms with Crippen LogP contribution in [0, 0.1) is 0 Å². The molecular formula is C22H29N3O4S2. The third-order valence-corrected chi connectivity index (χ3v) is 8.21. The van der Waals surface area contributed by atoms with Crippen LogP contribution in [0.4, 0.5) is 5.69 Å². The Morgan fingerprint density at radius 2 is 1.42 bits per heavy atom. The predicted octanol–water partition coefficient (Wildman–Crippen LogP) is 4.25. The van der Waals surface area contributed by atoms with Crippen molar-refractivity contribution in [1.29, 1.82) is 0 Å². The molecule has 1 aliphatic heterocycles. The number of nitrogens with zero attached hydrogens (tertiary/aromatic N) is 1. The summed E-state index contributed by atoms with van der Waals surface area (Å²) < 4.78 is 55.6. The summed E-state index contributed by atoms with van der Waals surface area (Å²) in [4.78, 5) is 4.50. The second-order valence-electron chi connectivity index (χ2n) is 7.75. The van der Waals surface area contributed by atoms with E-state index < -0.39 is 20.0 Å². The van der Waals surface area contributed by atoms with Gasteiger partial charge in [0.1, 0.15) is 5.84 Å². The van der Waals surface area contributed by atoms with Gasteiger partial charge in [-0.2, -0.15) is 0 Å². The van der Waals surface area contributed by atoms with Crippen LogP contribution in [0.5, 0.6) is 0 Å². The minimum Gasteiger partial charge on any atom is -0.280 e. The lowest BCUT2D eigenvalue weighted by Gasteiger charge is -2.12. The van der Waals surface area contributed by atoms with E-state index in [4.69, 9.17) is 0 Å². The number of nitrogens with one attached hydrogen (secondary N) is 2. The molecule has 0 bridgehead atoms. The summed E-state index contributed by atoms with van der Waals surface area (Å²) in [6, 6.07) is 12.4. The summed E-state index contributed by atoms with van der Waals surface area (Å²) in [5, 5.41) is 0.